The number of ether oxygens (including phenoxy) is 2. The highest BCUT2D eigenvalue weighted by atomic mass is 79.9. The van der Waals surface area contributed by atoms with E-state index in [9.17, 15) is 4.79 Å². The summed E-state index contributed by atoms with van der Waals surface area (Å²) in [6, 6.07) is 12.0. The Bertz CT molecular complexity index is 820. The molecule has 27 heavy (non-hydrogen) atoms. The molecule has 2 aliphatic rings. The summed E-state index contributed by atoms with van der Waals surface area (Å²) in [6.07, 6.45) is 2.39. The van der Waals surface area contributed by atoms with Crippen molar-refractivity contribution in [1.29, 1.82) is 0 Å². The van der Waals surface area contributed by atoms with E-state index in [1.807, 2.05) is 29.2 Å². The maximum Gasteiger partial charge on any atom is 0.223 e. The summed E-state index contributed by atoms with van der Waals surface area (Å²) in [6.45, 7) is 5.38. The van der Waals surface area contributed by atoms with Gasteiger partial charge in [0.05, 0.1) is 21.3 Å². The number of carbonyl (C=O) groups is 1. The first-order valence-corrected chi connectivity index (χ1v) is 11.0. The van der Waals surface area contributed by atoms with Gasteiger partial charge in [0.15, 0.2) is 0 Å². The van der Waals surface area contributed by atoms with Gasteiger partial charge in [0, 0.05) is 19.0 Å². The normalized spacial score (nSPS) is 24.4. The Morgan fingerprint density at radius 3 is 2.81 bits per heavy atom. The lowest BCUT2D eigenvalue weighted by Gasteiger charge is -2.48. The second-order valence-corrected chi connectivity index (χ2v) is 10.2. The van der Waals surface area contributed by atoms with Gasteiger partial charge in [0.1, 0.15) is 17.5 Å². The van der Waals surface area contributed by atoms with Gasteiger partial charge in [-0.05, 0) is 48.2 Å². The molecule has 2 aromatic rings. The smallest absolute Gasteiger partial charge is 0.223 e. The lowest BCUT2D eigenvalue weighted by atomic mass is 9.88. The monoisotopic (exact) mass is 449 g/mol. The van der Waals surface area contributed by atoms with Crippen molar-refractivity contribution in [3.8, 4) is 5.75 Å². The third-order valence-corrected chi connectivity index (χ3v) is 6.97. The minimum Gasteiger partial charge on any atom is -0.484 e. The molecule has 1 amide bonds. The van der Waals surface area contributed by atoms with Crippen molar-refractivity contribution in [3.63, 3.8) is 0 Å². The summed E-state index contributed by atoms with van der Waals surface area (Å²) in [5.41, 5.74) is 0.584. The van der Waals surface area contributed by atoms with Crippen LogP contribution in [0, 0.1) is 0 Å². The summed E-state index contributed by atoms with van der Waals surface area (Å²) in [4.78, 5) is 15.9. The molecule has 1 fully saturated rings. The van der Waals surface area contributed by atoms with Gasteiger partial charge < -0.3 is 14.4 Å². The Kier molecular flexibility index (Phi) is 5.32. The van der Waals surface area contributed by atoms with Crippen molar-refractivity contribution in [1.82, 2.24) is 4.90 Å². The summed E-state index contributed by atoms with van der Waals surface area (Å²) in [5.74, 6) is 1.08. The zero-order chi connectivity index (χ0) is 19.0. The first-order chi connectivity index (χ1) is 13.0. The van der Waals surface area contributed by atoms with Gasteiger partial charge in [-0.2, -0.15) is 0 Å². The van der Waals surface area contributed by atoms with Gasteiger partial charge in [0.2, 0.25) is 5.91 Å². The van der Waals surface area contributed by atoms with Gasteiger partial charge in [-0.25, -0.2) is 0 Å². The van der Waals surface area contributed by atoms with Crippen LogP contribution in [0.15, 0.2) is 40.2 Å². The molecule has 0 aliphatic carbocycles. The number of hydrogen-bond donors (Lipinski definition) is 0. The average molecular weight is 450 g/mol. The van der Waals surface area contributed by atoms with Crippen LogP contribution in [0.2, 0.25) is 0 Å². The fraction of sp³-hybridized carbons (Fsp3) is 0.476. The molecule has 1 aromatic carbocycles. The topological polar surface area (TPSA) is 38.8 Å². The number of amides is 1. The maximum atomic E-state index is 12.8. The number of halogens is 1. The van der Waals surface area contributed by atoms with Crippen molar-refractivity contribution in [2.75, 3.05) is 6.54 Å². The van der Waals surface area contributed by atoms with E-state index >= 15 is 0 Å². The number of carbonyl (C=O) groups excluding carboxylic acids is 1. The van der Waals surface area contributed by atoms with Crippen LogP contribution >= 0.6 is 27.3 Å². The predicted molar refractivity (Wildman–Crippen MR) is 110 cm³/mol. The van der Waals surface area contributed by atoms with E-state index < -0.39 is 5.60 Å². The highest BCUT2D eigenvalue weighted by Crippen LogP contribution is 2.50. The summed E-state index contributed by atoms with van der Waals surface area (Å²) < 4.78 is 13.8. The molecule has 0 spiro atoms. The molecule has 3 heterocycles. The molecule has 4 nitrogen and oxygen atoms in total. The van der Waals surface area contributed by atoms with Crippen LogP contribution in [0.1, 0.15) is 49.6 Å². The predicted octanol–water partition coefficient (Wildman–Crippen LogP) is 5.32. The van der Waals surface area contributed by atoms with E-state index in [0.717, 1.165) is 39.4 Å². The van der Waals surface area contributed by atoms with Crippen LogP contribution in [0.25, 0.3) is 0 Å². The van der Waals surface area contributed by atoms with E-state index in [1.165, 1.54) is 0 Å². The second-order valence-electron chi connectivity index (χ2n) is 7.69. The maximum absolute atomic E-state index is 12.8. The quantitative estimate of drug-likeness (QED) is 0.633. The molecule has 0 unspecified atom stereocenters. The molecule has 0 radical (unpaired) electrons. The van der Waals surface area contributed by atoms with E-state index in [1.54, 1.807) is 11.3 Å². The van der Waals surface area contributed by atoms with Crippen molar-refractivity contribution in [3.05, 3.63) is 50.6 Å². The van der Waals surface area contributed by atoms with Crippen molar-refractivity contribution >= 4 is 33.2 Å². The number of likely N-dealkylation sites (tertiary alicyclic amines) is 1. The number of fused-ring (bicyclic) bond motifs is 1. The molecule has 4 rings (SSSR count). The second kappa shape index (κ2) is 7.57. The molecule has 0 N–H and O–H groups in total. The molecular formula is C21H24BrNO3S. The molecule has 6 heteroatoms. The standard InChI is InChI=1S/C21H24BrNO3S/c1-21(2)20(25-13-14-8-4-3-5-9-14)18(23-11-7-6-10-17(23)24)19-15(26-21)12-16(22)27-19/h3-5,8-9,12,18,20H,6-7,10-11,13H2,1-2H3/t18-,20+/m0/s1. The van der Waals surface area contributed by atoms with E-state index in [-0.39, 0.29) is 18.1 Å². The fourth-order valence-corrected chi connectivity index (χ4v) is 5.66. The van der Waals surface area contributed by atoms with E-state index in [2.05, 4.69) is 41.9 Å². The SMILES string of the molecule is CC1(C)Oc2cc(Br)sc2[C@H](N2CCCCC2=O)[C@H]1OCc1ccccc1. The Morgan fingerprint density at radius 2 is 2.07 bits per heavy atom. The zero-order valence-corrected chi connectivity index (χ0v) is 18.0. The van der Waals surface area contributed by atoms with Crippen molar-refractivity contribution in [2.45, 2.75) is 57.5 Å². The van der Waals surface area contributed by atoms with Crippen LogP contribution in [0.3, 0.4) is 0 Å². The molecule has 2 atom stereocenters. The van der Waals surface area contributed by atoms with Gasteiger partial charge in [-0.15, -0.1) is 11.3 Å². The summed E-state index contributed by atoms with van der Waals surface area (Å²) in [7, 11) is 0. The molecule has 0 saturated carbocycles. The highest BCUT2D eigenvalue weighted by molar-refractivity contribution is 9.11. The van der Waals surface area contributed by atoms with Crippen molar-refractivity contribution < 1.29 is 14.3 Å². The van der Waals surface area contributed by atoms with Crippen LogP contribution in [0.4, 0.5) is 0 Å². The molecule has 1 aromatic heterocycles. The third-order valence-electron chi connectivity index (χ3n) is 5.28. The third kappa shape index (κ3) is 3.80. The van der Waals surface area contributed by atoms with Crippen LogP contribution in [-0.4, -0.2) is 29.1 Å². The Hall–Kier alpha value is -1.37. The van der Waals surface area contributed by atoms with E-state index in [0.29, 0.717) is 13.0 Å². The molecule has 0 bridgehead atoms. The average Bonchev–Trinajstić information content (AvgIpc) is 2.99. The zero-order valence-electron chi connectivity index (χ0n) is 15.6. The molecule has 1 saturated heterocycles. The van der Waals surface area contributed by atoms with E-state index in [4.69, 9.17) is 9.47 Å². The minimum atomic E-state index is -0.537. The van der Waals surface area contributed by atoms with Crippen LogP contribution in [-0.2, 0) is 16.1 Å². The molecule has 2 aliphatic heterocycles. The lowest BCUT2D eigenvalue weighted by molar-refractivity contribution is -0.157. The Morgan fingerprint density at radius 1 is 1.30 bits per heavy atom. The van der Waals surface area contributed by atoms with Crippen LogP contribution < -0.4 is 4.74 Å². The largest absolute Gasteiger partial charge is 0.484 e. The summed E-state index contributed by atoms with van der Waals surface area (Å²) >= 11 is 5.22. The van der Waals surface area contributed by atoms with Gasteiger partial charge in [-0.3, -0.25) is 4.79 Å². The lowest BCUT2D eigenvalue weighted by Crippen LogP contribution is -2.56. The number of piperidine rings is 1. The summed E-state index contributed by atoms with van der Waals surface area (Å²) in [5, 5.41) is 0. The molecular weight excluding hydrogens is 426 g/mol. The highest BCUT2D eigenvalue weighted by Gasteiger charge is 2.49. The number of rotatable bonds is 4. The number of benzene rings is 1. The number of nitrogens with zero attached hydrogens (tertiary/aromatic N) is 1. The first kappa shape index (κ1) is 19.0. The van der Waals surface area contributed by atoms with Crippen molar-refractivity contribution in [2.24, 2.45) is 0 Å². The van der Waals surface area contributed by atoms with Gasteiger partial charge >= 0.3 is 0 Å². The van der Waals surface area contributed by atoms with Gasteiger partial charge in [0.25, 0.3) is 0 Å². The minimum absolute atomic E-state index is 0.114. The molecule has 144 valence electrons. The van der Waals surface area contributed by atoms with Crippen LogP contribution in [0.5, 0.6) is 5.75 Å². The Balaban J connectivity index is 1.69. The first-order valence-electron chi connectivity index (χ1n) is 9.39. The number of hydrogen-bond acceptors (Lipinski definition) is 4. The van der Waals surface area contributed by atoms with Gasteiger partial charge in [-0.1, -0.05) is 30.3 Å². The number of thiophene rings is 1. The Labute approximate surface area is 172 Å². The fourth-order valence-electron chi connectivity index (χ4n) is 3.98.